The molecule has 0 unspecified atom stereocenters. The van der Waals surface area contributed by atoms with E-state index in [1.165, 1.54) is 0 Å². The largest absolute Gasteiger partial charge is 0.487 e. The number of ether oxygens (including phenoxy) is 1. The van der Waals surface area contributed by atoms with Crippen molar-refractivity contribution < 1.29 is 14.3 Å². The molecule has 1 fully saturated rings. The minimum absolute atomic E-state index is 0.111. The number of anilines is 1. The zero-order chi connectivity index (χ0) is 20.2. The quantitative estimate of drug-likeness (QED) is 0.616. The van der Waals surface area contributed by atoms with E-state index in [1.54, 1.807) is 59.9 Å². The number of aromatic nitrogens is 1. The van der Waals surface area contributed by atoms with Crippen molar-refractivity contribution in [3.05, 3.63) is 75.7 Å². The van der Waals surface area contributed by atoms with Gasteiger partial charge in [-0.2, -0.15) is 0 Å². The Morgan fingerprint density at radius 3 is 2.59 bits per heavy atom. The van der Waals surface area contributed by atoms with Crippen LogP contribution in [-0.4, -0.2) is 22.8 Å². The maximum absolute atomic E-state index is 12.5. The normalized spacial score (nSPS) is 13.0. The van der Waals surface area contributed by atoms with E-state index in [-0.39, 0.29) is 11.8 Å². The molecule has 0 atom stereocenters. The van der Waals surface area contributed by atoms with Gasteiger partial charge >= 0.3 is 0 Å². The summed E-state index contributed by atoms with van der Waals surface area (Å²) in [7, 11) is 0. The number of thiazole rings is 1. The Labute approximate surface area is 172 Å². The molecular weight excluding hydrogens is 386 g/mol. The Balaban J connectivity index is 1.35. The second kappa shape index (κ2) is 8.45. The van der Waals surface area contributed by atoms with Crippen LogP contribution in [0.3, 0.4) is 0 Å². The maximum Gasteiger partial charge on any atom is 0.255 e. The first-order chi connectivity index (χ1) is 14.1. The Kier molecular flexibility index (Phi) is 5.57. The first-order valence-corrected chi connectivity index (χ1v) is 10.3. The highest BCUT2D eigenvalue weighted by atomic mass is 32.1. The van der Waals surface area contributed by atoms with E-state index in [0.717, 1.165) is 23.5 Å². The van der Waals surface area contributed by atoms with Gasteiger partial charge in [0.2, 0.25) is 0 Å². The molecule has 1 aliphatic rings. The Morgan fingerprint density at radius 2 is 1.90 bits per heavy atom. The standard InChI is InChI=1S/C22H21N3O3S/c1-14-23-19(13-29-14)12-28-20-9-5-15(6-10-20)21(26)25-18-4-2-3-16(11-18)22(27)24-17-7-8-17/h2-6,9-11,13,17H,7-8,12H2,1H3,(H,24,27)(H,25,26). The van der Waals surface area contributed by atoms with Gasteiger partial charge in [-0.1, -0.05) is 6.07 Å². The summed E-state index contributed by atoms with van der Waals surface area (Å²) in [6.45, 7) is 2.35. The van der Waals surface area contributed by atoms with Crippen LogP contribution in [0, 0.1) is 6.92 Å². The van der Waals surface area contributed by atoms with E-state index in [1.807, 2.05) is 12.3 Å². The average molecular weight is 407 g/mol. The molecule has 29 heavy (non-hydrogen) atoms. The molecule has 7 heteroatoms. The zero-order valence-corrected chi connectivity index (χ0v) is 16.8. The monoisotopic (exact) mass is 407 g/mol. The van der Waals surface area contributed by atoms with Crippen molar-refractivity contribution in [2.24, 2.45) is 0 Å². The average Bonchev–Trinajstić information content (AvgIpc) is 3.45. The van der Waals surface area contributed by atoms with Crippen LogP contribution in [0.2, 0.25) is 0 Å². The molecule has 148 valence electrons. The minimum Gasteiger partial charge on any atom is -0.487 e. The van der Waals surface area contributed by atoms with E-state index < -0.39 is 0 Å². The molecular formula is C22H21N3O3S. The fourth-order valence-electron chi connectivity index (χ4n) is 2.77. The Morgan fingerprint density at radius 1 is 1.10 bits per heavy atom. The van der Waals surface area contributed by atoms with Crippen LogP contribution >= 0.6 is 11.3 Å². The van der Waals surface area contributed by atoms with Crippen molar-refractivity contribution >= 4 is 28.8 Å². The second-order valence-corrected chi connectivity index (χ2v) is 8.02. The Hall–Kier alpha value is -3.19. The molecule has 1 aromatic heterocycles. The van der Waals surface area contributed by atoms with E-state index >= 15 is 0 Å². The van der Waals surface area contributed by atoms with Crippen molar-refractivity contribution in [3.8, 4) is 5.75 Å². The van der Waals surface area contributed by atoms with Crippen LogP contribution in [-0.2, 0) is 6.61 Å². The number of rotatable bonds is 7. The van der Waals surface area contributed by atoms with Crippen LogP contribution in [0.1, 0.15) is 44.3 Å². The summed E-state index contributed by atoms with van der Waals surface area (Å²) in [6, 6.07) is 14.2. The highest BCUT2D eigenvalue weighted by molar-refractivity contribution is 7.09. The summed E-state index contributed by atoms with van der Waals surface area (Å²) in [5.74, 6) is 0.317. The number of nitrogens with one attached hydrogen (secondary N) is 2. The van der Waals surface area contributed by atoms with Gasteiger partial charge in [-0.05, 0) is 62.2 Å². The van der Waals surface area contributed by atoms with Gasteiger partial charge in [0.1, 0.15) is 12.4 Å². The molecule has 1 heterocycles. The van der Waals surface area contributed by atoms with E-state index in [2.05, 4.69) is 15.6 Å². The van der Waals surface area contributed by atoms with Crippen LogP contribution in [0.25, 0.3) is 0 Å². The van der Waals surface area contributed by atoms with Crippen molar-refractivity contribution in [2.45, 2.75) is 32.4 Å². The van der Waals surface area contributed by atoms with Crippen LogP contribution in [0.5, 0.6) is 5.75 Å². The molecule has 2 N–H and O–H groups in total. The summed E-state index contributed by atoms with van der Waals surface area (Å²) < 4.78 is 5.71. The van der Waals surface area contributed by atoms with E-state index in [9.17, 15) is 9.59 Å². The number of carbonyl (C=O) groups is 2. The molecule has 4 rings (SSSR count). The molecule has 2 aromatic carbocycles. The van der Waals surface area contributed by atoms with Crippen LogP contribution < -0.4 is 15.4 Å². The van der Waals surface area contributed by atoms with Gasteiger partial charge in [-0.3, -0.25) is 9.59 Å². The van der Waals surface area contributed by atoms with E-state index in [4.69, 9.17) is 4.74 Å². The van der Waals surface area contributed by atoms with Gasteiger partial charge in [0, 0.05) is 28.2 Å². The summed E-state index contributed by atoms with van der Waals surface area (Å²) in [5.41, 5.74) is 2.52. The van der Waals surface area contributed by atoms with Gasteiger partial charge in [0.15, 0.2) is 0 Å². The third kappa shape index (κ3) is 5.20. The lowest BCUT2D eigenvalue weighted by molar-refractivity contribution is 0.0949. The second-order valence-electron chi connectivity index (χ2n) is 6.95. The number of benzene rings is 2. The number of carbonyl (C=O) groups excluding carboxylic acids is 2. The fraction of sp³-hybridized carbons (Fsp3) is 0.227. The van der Waals surface area contributed by atoms with Gasteiger partial charge in [-0.25, -0.2) is 4.98 Å². The van der Waals surface area contributed by atoms with Crippen molar-refractivity contribution in [2.75, 3.05) is 5.32 Å². The van der Waals surface area contributed by atoms with Crippen molar-refractivity contribution in [1.82, 2.24) is 10.3 Å². The molecule has 0 radical (unpaired) electrons. The molecule has 0 spiro atoms. The summed E-state index contributed by atoms with van der Waals surface area (Å²) in [5, 5.41) is 8.75. The predicted molar refractivity (Wildman–Crippen MR) is 113 cm³/mol. The highest BCUT2D eigenvalue weighted by Gasteiger charge is 2.23. The van der Waals surface area contributed by atoms with Crippen molar-refractivity contribution in [3.63, 3.8) is 0 Å². The van der Waals surface area contributed by atoms with Crippen LogP contribution in [0.4, 0.5) is 5.69 Å². The molecule has 2 amide bonds. The first-order valence-electron chi connectivity index (χ1n) is 9.43. The number of amides is 2. The molecule has 6 nitrogen and oxygen atoms in total. The lowest BCUT2D eigenvalue weighted by Gasteiger charge is -2.09. The Bertz CT molecular complexity index is 1030. The maximum atomic E-state index is 12.5. The van der Waals surface area contributed by atoms with Crippen LogP contribution in [0.15, 0.2) is 53.9 Å². The third-order valence-electron chi connectivity index (χ3n) is 4.46. The number of aryl methyl sites for hydroxylation is 1. The zero-order valence-electron chi connectivity index (χ0n) is 16.0. The van der Waals surface area contributed by atoms with E-state index in [0.29, 0.717) is 35.2 Å². The lowest BCUT2D eigenvalue weighted by atomic mass is 10.1. The number of nitrogens with zero attached hydrogens (tertiary/aromatic N) is 1. The molecule has 0 saturated heterocycles. The number of hydrogen-bond acceptors (Lipinski definition) is 5. The first kappa shape index (κ1) is 19.1. The molecule has 0 aliphatic heterocycles. The summed E-state index contributed by atoms with van der Waals surface area (Å²) in [4.78, 5) is 29.0. The molecule has 1 aliphatic carbocycles. The van der Waals surface area contributed by atoms with Gasteiger partial charge in [0.25, 0.3) is 11.8 Å². The predicted octanol–water partition coefficient (Wildman–Crippen LogP) is 4.18. The van der Waals surface area contributed by atoms with Gasteiger partial charge in [0.05, 0.1) is 10.7 Å². The molecule has 0 bridgehead atoms. The molecule has 3 aromatic rings. The number of hydrogen-bond donors (Lipinski definition) is 2. The lowest BCUT2D eigenvalue weighted by Crippen LogP contribution is -2.25. The summed E-state index contributed by atoms with van der Waals surface area (Å²) in [6.07, 6.45) is 2.07. The highest BCUT2D eigenvalue weighted by Crippen LogP contribution is 2.20. The smallest absolute Gasteiger partial charge is 0.255 e. The van der Waals surface area contributed by atoms with Crippen molar-refractivity contribution in [1.29, 1.82) is 0 Å². The molecule has 1 saturated carbocycles. The third-order valence-corrected chi connectivity index (χ3v) is 5.29. The SMILES string of the molecule is Cc1nc(COc2ccc(C(=O)Nc3cccc(C(=O)NC4CC4)c3)cc2)cs1. The fourth-order valence-corrected chi connectivity index (χ4v) is 3.37. The van der Waals surface area contributed by atoms with Gasteiger partial charge in [-0.15, -0.1) is 11.3 Å². The topological polar surface area (TPSA) is 80.3 Å². The van der Waals surface area contributed by atoms with Gasteiger partial charge < -0.3 is 15.4 Å². The minimum atomic E-state index is -0.244. The summed E-state index contributed by atoms with van der Waals surface area (Å²) >= 11 is 1.59.